The molecular formula is C38H54N6O7. The SMILES string of the molecule is CC(C)(C)[C@H](NC(=O)N[C@H](CN1C(=O)C2=C(CC=CC=C2)C1=O)C(C)(C)C)C(=O)N1C[C@@H]2CCC[C@@H]2[C@H]1C(=O)NC(CC1CCC1)C(=O)C(N)=O. The molecule has 6 atom stereocenters. The molecule has 2 aliphatic heterocycles. The smallest absolute Gasteiger partial charge is 0.315 e. The lowest BCUT2D eigenvalue weighted by atomic mass is 9.80. The van der Waals surface area contributed by atoms with Crippen LogP contribution in [0.4, 0.5) is 4.79 Å². The normalized spacial score (nSPS) is 25.1. The van der Waals surface area contributed by atoms with Gasteiger partial charge in [-0.05, 0) is 60.3 Å². The van der Waals surface area contributed by atoms with Gasteiger partial charge in [-0.3, -0.25) is 33.7 Å². The molecule has 3 aliphatic carbocycles. The van der Waals surface area contributed by atoms with Crippen LogP contribution in [0.3, 0.4) is 0 Å². The fourth-order valence-electron chi connectivity index (χ4n) is 8.05. The second kappa shape index (κ2) is 14.7. The molecule has 0 aromatic heterocycles. The number of urea groups is 1. The molecule has 13 heteroatoms. The number of carbonyl (C=O) groups is 7. The number of nitrogens with zero attached hydrogens (tertiary/aromatic N) is 2. The van der Waals surface area contributed by atoms with Crippen molar-refractivity contribution in [2.24, 2.45) is 34.3 Å². The van der Waals surface area contributed by atoms with Crippen LogP contribution in [0.15, 0.2) is 35.5 Å². The monoisotopic (exact) mass is 706 g/mol. The van der Waals surface area contributed by atoms with E-state index in [0.717, 1.165) is 38.5 Å². The third-order valence-electron chi connectivity index (χ3n) is 11.4. The number of fused-ring (bicyclic) bond motifs is 1. The van der Waals surface area contributed by atoms with E-state index in [2.05, 4.69) is 16.0 Å². The van der Waals surface area contributed by atoms with Gasteiger partial charge in [0.15, 0.2) is 0 Å². The van der Waals surface area contributed by atoms with Gasteiger partial charge in [0.25, 0.3) is 17.7 Å². The van der Waals surface area contributed by atoms with Crippen LogP contribution in [-0.4, -0.2) is 88.4 Å². The van der Waals surface area contributed by atoms with Crippen LogP contribution in [0, 0.1) is 28.6 Å². The molecule has 0 aromatic rings. The molecule has 3 fully saturated rings. The van der Waals surface area contributed by atoms with Gasteiger partial charge in [-0.2, -0.15) is 0 Å². The fourth-order valence-corrected chi connectivity index (χ4v) is 8.05. The number of hydrogen-bond acceptors (Lipinski definition) is 7. The summed E-state index contributed by atoms with van der Waals surface area (Å²) in [6, 6.07) is -4.28. The molecule has 0 aromatic carbocycles. The molecule has 7 amide bonds. The van der Waals surface area contributed by atoms with Gasteiger partial charge >= 0.3 is 6.03 Å². The Morgan fingerprint density at radius 2 is 1.57 bits per heavy atom. The third-order valence-corrected chi connectivity index (χ3v) is 11.4. The molecule has 0 bridgehead atoms. The molecule has 51 heavy (non-hydrogen) atoms. The topological polar surface area (TPSA) is 188 Å². The molecule has 5 aliphatic rings. The Balaban J connectivity index is 1.32. The maximum atomic E-state index is 14.5. The summed E-state index contributed by atoms with van der Waals surface area (Å²) in [6.45, 7) is 11.4. The number of rotatable bonds is 11. The molecule has 2 heterocycles. The van der Waals surface area contributed by atoms with E-state index in [1.165, 1.54) is 4.90 Å². The summed E-state index contributed by atoms with van der Waals surface area (Å²) in [4.78, 5) is 96.3. The van der Waals surface area contributed by atoms with Crippen molar-refractivity contribution in [2.45, 2.75) is 117 Å². The Bertz CT molecular complexity index is 1560. The van der Waals surface area contributed by atoms with Crippen LogP contribution in [0.25, 0.3) is 0 Å². The van der Waals surface area contributed by atoms with Gasteiger partial charge in [0.05, 0.1) is 18.6 Å². The summed E-state index contributed by atoms with van der Waals surface area (Å²) < 4.78 is 0. The summed E-state index contributed by atoms with van der Waals surface area (Å²) in [5.74, 6) is -3.47. The first-order valence-corrected chi connectivity index (χ1v) is 18.3. The number of nitrogens with one attached hydrogen (secondary N) is 3. The van der Waals surface area contributed by atoms with Crippen LogP contribution in [-0.2, 0) is 28.8 Å². The number of likely N-dealkylation sites (tertiary alicyclic amines) is 1. The Morgan fingerprint density at radius 1 is 0.882 bits per heavy atom. The first-order chi connectivity index (χ1) is 23.9. The maximum Gasteiger partial charge on any atom is 0.315 e. The van der Waals surface area contributed by atoms with E-state index in [9.17, 15) is 33.6 Å². The van der Waals surface area contributed by atoms with Gasteiger partial charge in [0, 0.05) is 17.7 Å². The minimum atomic E-state index is -1.10. The highest BCUT2D eigenvalue weighted by Gasteiger charge is 2.52. The highest BCUT2D eigenvalue weighted by atomic mass is 16.2. The lowest BCUT2D eigenvalue weighted by Crippen LogP contribution is -2.62. The molecule has 2 saturated carbocycles. The summed E-state index contributed by atoms with van der Waals surface area (Å²) in [5.41, 5.74) is 4.77. The van der Waals surface area contributed by atoms with Crippen molar-refractivity contribution in [1.29, 1.82) is 0 Å². The van der Waals surface area contributed by atoms with E-state index in [0.29, 0.717) is 30.5 Å². The number of ketones is 1. The minimum absolute atomic E-state index is 0.0585. The minimum Gasteiger partial charge on any atom is -0.363 e. The summed E-state index contributed by atoms with van der Waals surface area (Å²) in [5, 5.41) is 8.62. The maximum absolute atomic E-state index is 14.5. The second-order valence-corrected chi connectivity index (χ2v) is 17.1. The van der Waals surface area contributed by atoms with E-state index in [-0.39, 0.29) is 30.2 Å². The van der Waals surface area contributed by atoms with Crippen molar-refractivity contribution in [3.63, 3.8) is 0 Å². The van der Waals surface area contributed by atoms with E-state index >= 15 is 0 Å². The quantitative estimate of drug-likeness (QED) is 0.188. The van der Waals surface area contributed by atoms with Gasteiger partial charge in [-0.1, -0.05) is 85.5 Å². The van der Waals surface area contributed by atoms with E-state index in [1.807, 2.05) is 47.6 Å². The Morgan fingerprint density at radius 3 is 2.18 bits per heavy atom. The Labute approximate surface area is 300 Å². The number of primary amides is 1. The number of nitrogens with two attached hydrogens (primary N) is 1. The lowest BCUT2D eigenvalue weighted by molar-refractivity contribution is -0.144. The van der Waals surface area contributed by atoms with E-state index in [4.69, 9.17) is 5.73 Å². The fraction of sp³-hybridized carbons (Fsp3) is 0.658. The van der Waals surface area contributed by atoms with E-state index < -0.39 is 70.4 Å². The van der Waals surface area contributed by atoms with Crippen LogP contribution >= 0.6 is 0 Å². The molecule has 5 N–H and O–H groups in total. The molecule has 0 spiro atoms. The Hall–Kier alpha value is -4.29. The van der Waals surface area contributed by atoms with Crippen molar-refractivity contribution in [3.05, 3.63) is 35.5 Å². The summed E-state index contributed by atoms with van der Waals surface area (Å²) >= 11 is 0. The zero-order valence-corrected chi connectivity index (χ0v) is 30.8. The zero-order valence-electron chi connectivity index (χ0n) is 30.8. The number of hydrogen-bond donors (Lipinski definition) is 4. The van der Waals surface area contributed by atoms with Crippen LogP contribution in [0.2, 0.25) is 0 Å². The van der Waals surface area contributed by atoms with Gasteiger partial charge < -0.3 is 26.6 Å². The van der Waals surface area contributed by atoms with Crippen molar-refractivity contribution in [1.82, 2.24) is 25.8 Å². The number of amides is 7. The first kappa shape index (κ1) is 38.0. The number of imide groups is 1. The standard InChI is InChI=1S/C38H54N6O7/c1-37(2,3)27(20-44-33(48)24-15-8-7-9-16-25(24)34(44)49)41-36(51)42-30(38(4,5)6)35(50)43-19-22-14-11-17-23(22)28(43)32(47)40-26(29(45)31(39)46)18-21-12-10-13-21/h7-9,15,21-23,26-28,30H,10-14,16-20H2,1-6H3,(H2,39,46)(H,40,47)(H2,41,42,51)/t22-,23-,26?,27+,28-,30+/m0/s1. The average molecular weight is 707 g/mol. The van der Waals surface area contributed by atoms with Crippen LogP contribution in [0.5, 0.6) is 0 Å². The predicted molar refractivity (Wildman–Crippen MR) is 189 cm³/mol. The second-order valence-electron chi connectivity index (χ2n) is 17.1. The largest absolute Gasteiger partial charge is 0.363 e. The zero-order chi connectivity index (χ0) is 37.4. The highest BCUT2D eigenvalue weighted by molar-refractivity contribution is 6.37. The van der Waals surface area contributed by atoms with Gasteiger partial charge in [0.2, 0.25) is 17.6 Å². The molecule has 1 saturated heterocycles. The molecule has 5 rings (SSSR count). The molecule has 0 radical (unpaired) electrons. The lowest BCUT2D eigenvalue weighted by Gasteiger charge is -2.38. The molecule has 1 unspecified atom stereocenters. The van der Waals surface area contributed by atoms with Gasteiger partial charge in [-0.15, -0.1) is 0 Å². The van der Waals surface area contributed by atoms with Crippen molar-refractivity contribution in [3.8, 4) is 0 Å². The summed E-state index contributed by atoms with van der Waals surface area (Å²) in [6.07, 6.45) is 13.0. The van der Waals surface area contributed by atoms with Crippen molar-refractivity contribution in [2.75, 3.05) is 13.1 Å². The highest BCUT2D eigenvalue weighted by Crippen LogP contribution is 2.43. The Kier molecular flexibility index (Phi) is 11.0. The number of allylic oxidation sites excluding steroid dienone is 3. The molecular weight excluding hydrogens is 652 g/mol. The third kappa shape index (κ3) is 8.12. The average Bonchev–Trinajstić information content (AvgIpc) is 3.60. The molecule has 13 nitrogen and oxygen atoms in total. The van der Waals surface area contributed by atoms with E-state index in [1.54, 1.807) is 23.1 Å². The van der Waals surface area contributed by atoms with Crippen molar-refractivity contribution < 1.29 is 33.6 Å². The number of carbonyl (C=O) groups excluding carboxylic acids is 7. The van der Waals surface area contributed by atoms with Crippen molar-refractivity contribution >= 4 is 41.4 Å². The predicted octanol–water partition coefficient (Wildman–Crippen LogP) is 2.65. The summed E-state index contributed by atoms with van der Waals surface area (Å²) in [7, 11) is 0. The van der Waals surface area contributed by atoms with Gasteiger partial charge in [0.1, 0.15) is 12.1 Å². The van der Waals surface area contributed by atoms with Gasteiger partial charge in [-0.25, -0.2) is 4.79 Å². The molecule has 278 valence electrons. The van der Waals surface area contributed by atoms with Crippen LogP contribution < -0.4 is 21.7 Å². The first-order valence-electron chi connectivity index (χ1n) is 18.3. The van der Waals surface area contributed by atoms with Crippen LogP contribution in [0.1, 0.15) is 92.9 Å². The number of Topliss-reactive ketones (excluding diaryl/α,β-unsaturated/α-hetero) is 1.